The number of likely N-dealkylation sites (N-methyl/N-ethyl adjacent to an activating group) is 2. The largest absolute Gasteiger partial charge is 0.303 e. The average Bonchev–Trinajstić information content (AvgIpc) is 2.79. The molecule has 0 bridgehead atoms. The summed E-state index contributed by atoms with van der Waals surface area (Å²) in [6.07, 6.45) is 33.2. The third-order valence-electron chi connectivity index (χ3n) is 6.79. The summed E-state index contributed by atoms with van der Waals surface area (Å²) in [5, 5.41) is 0. The maximum Gasteiger partial charge on any atom is 0.0160 e. The van der Waals surface area contributed by atoms with Crippen LogP contribution < -0.4 is 0 Å². The van der Waals surface area contributed by atoms with E-state index in [1.165, 1.54) is 142 Å². The Morgan fingerprint density at radius 3 is 0.906 bits per heavy atom. The SMILES string of the molecule is CCCCCCCCCCCCN(C)C/C=C/CN(C)CCCCCCCCCCCC. The predicted molar refractivity (Wildman–Crippen MR) is 148 cm³/mol. The van der Waals surface area contributed by atoms with E-state index in [1.807, 2.05) is 0 Å². The van der Waals surface area contributed by atoms with E-state index in [1.54, 1.807) is 0 Å². The van der Waals surface area contributed by atoms with E-state index >= 15 is 0 Å². The Bertz CT molecular complexity index is 332. The van der Waals surface area contributed by atoms with E-state index in [0.717, 1.165) is 13.1 Å². The Kier molecular flexibility index (Phi) is 26.6. The first-order valence-electron chi connectivity index (χ1n) is 14.7. The molecular weight excluding hydrogens is 388 g/mol. The van der Waals surface area contributed by atoms with Crippen LogP contribution in [0.3, 0.4) is 0 Å². The van der Waals surface area contributed by atoms with Crippen LogP contribution in [0.1, 0.15) is 142 Å². The van der Waals surface area contributed by atoms with Gasteiger partial charge in [0.05, 0.1) is 0 Å². The Labute approximate surface area is 204 Å². The van der Waals surface area contributed by atoms with Crippen molar-refractivity contribution in [1.82, 2.24) is 9.80 Å². The predicted octanol–water partition coefficient (Wildman–Crippen LogP) is 9.25. The van der Waals surface area contributed by atoms with Crippen LogP contribution in [0.2, 0.25) is 0 Å². The highest BCUT2D eigenvalue weighted by molar-refractivity contribution is 4.86. The first-order chi connectivity index (χ1) is 15.7. The lowest BCUT2D eigenvalue weighted by molar-refractivity contribution is 0.347. The first-order valence-corrected chi connectivity index (χ1v) is 14.7. The van der Waals surface area contributed by atoms with E-state index in [-0.39, 0.29) is 0 Å². The lowest BCUT2D eigenvalue weighted by atomic mass is 10.1. The average molecular weight is 451 g/mol. The molecule has 0 aliphatic carbocycles. The van der Waals surface area contributed by atoms with Crippen molar-refractivity contribution in [2.75, 3.05) is 40.3 Å². The minimum absolute atomic E-state index is 1.10. The van der Waals surface area contributed by atoms with Crippen molar-refractivity contribution in [3.8, 4) is 0 Å². The second-order valence-corrected chi connectivity index (χ2v) is 10.4. The molecule has 0 N–H and O–H groups in total. The Morgan fingerprint density at radius 2 is 0.625 bits per heavy atom. The van der Waals surface area contributed by atoms with Crippen molar-refractivity contribution >= 4 is 0 Å². The molecular formula is C30H62N2. The van der Waals surface area contributed by atoms with E-state index in [0.29, 0.717) is 0 Å². The molecule has 0 aromatic carbocycles. The van der Waals surface area contributed by atoms with Gasteiger partial charge in [-0.25, -0.2) is 0 Å². The zero-order valence-corrected chi connectivity index (χ0v) is 23.0. The molecule has 0 aromatic rings. The summed E-state index contributed by atoms with van der Waals surface area (Å²) >= 11 is 0. The summed E-state index contributed by atoms with van der Waals surface area (Å²) in [7, 11) is 4.54. The number of nitrogens with zero attached hydrogens (tertiary/aromatic N) is 2. The van der Waals surface area contributed by atoms with Gasteiger partial charge in [-0.3, -0.25) is 0 Å². The Morgan fingerprint density at radius 1 is 0.375 bits per heavy atom. The fourth-order valence-electron chi connectivity index (χ4n) is 4.43. The molecule has 0 aromatic heterocycles. The maximum atomic E-state index is 2.48. The van der Waals surface area contributed by atoms with Gasteiger partial charge >= 0.3 is 0 Å². The number of rotatable bonds is 26. The van der Waals surface area contributed by atoms with E-state index in [4.69, 9.17) is 0 Å². The van der Waals surface area contributed by atoms with Crippen molar-refractivity contribution in [2.24, 2.45) is 0 Å². The first kappa shape index (κ1) is 31.7. The van der Waals surface area contributed by atoms with Crippen molar-refractivity contribution in [1.29, 1.82) is 0 Å². The topological polar surface area (TPSA) is 6.48 Å². The van der Waals surface area contributed by atoms with E-state index in [9.17, 15) is 0 Å². The third-order valence-corrected chi connectivity index (χ3v) is 6.79. The molecule has 0 aliphatic heterocycles. The van der Waals surface area contributed by atoms with Gasteiger partial charge in [-0.1, -0.05) is 142 Å². The molecule has 0 rings (SSSR count). The highest BCUT2D eigenvalue weighted by Gasteiger charge is 1.98. The van der Waals surface area contributed by atoms with Crippen molar-refractivity contribution in [2.45, 2.75) is 142 Å². The standard InChI is InChI=1S/C30H62N2/c1-5-7-9-11-13-15-17-19-21-23-27-31(3)29-25-26-30-32(4)28-24-22-20-18-16-14-12-10-8-6-2/h25-26H,5-24,27-30H2,1-4H3/b26-25+. The van der Waals surface area contributed by atoms with Crippen LogP contribution in [0.15, 0.2) is 12.2 Å². The summed E-state index contributed by atoms with van der Waals surface area (Å²) in [5.74, 6) is 0. The fourth-order valence-corrected chi connectivity index (χ4v) is 4.43. The van der Waals surface area contributed by atoms with Crippen LogP contribution in [0.5, 0.6) is 0 Å². The van der Waals surface area contributed by atoms with Crippen molar-refractivity contribution < 1.29 is 0 Å². The fraction of sp³-hybridized carbons (Fsp3) is 0.933. The lowest BCUT2D eigenvalue weighted by Crippen LogP contribution is -2.21. The van der Waals surface area contributed by atoms with Crippen LogP contribution in [0, 0.1) is 0 Å². The number of hydrogen-bond donors (Lipinski definition) is 0. The molecule has 2 nitrogen and oxygen atoms in total. The highest BCUT2D eigenvalue weighted by Crippen LogP contribution is 2.11. The summed E-state index contributed by atoms with van der Waals surface area (Å²) in [6.45, 7) is 9.29. The van der Waals surface area contributed by atoms with Gasteiger partial charge in [0.2, 0.25) is 0 Å². The lowest BCUT2D eigenvalue weighted by Gasteiger charge is -2.16. The van der Waals surface area contributed by atoms with Gasteiger partial charge in [0, 0.05) is 13.1 Å². The Balaban J connectivity index is 3.36. The normalized spacial score (nSPS) is 12.1. The maximum absolute atomic E-state index is 2.48. The molecule has 0 saturated heterocycles. The highest BCUT2D eigenvalue weighted by atomic mass is 15.1. The molecule has 0 aliphatic rings. The van der Waals surface area contributed by atoms with Gasteiger partial charge in [0.1, 0.15) is 0 Å². The van der Waals surface area contributed by atoms with Crippen LogP contribution in [-0.4, -0.2) is 50.1 Å². The molecule has 0 spiro atoms. The van der Waals surface area contributed by atoms with Crippen LogP contribution in [0.25, 0.3) is 0 Å². The minimum atomic E-state index is 1.10. The zero-order valence-electron chi connectivity index (χ0n) is 23.0. The second kappa shape index (κ2) is 26.9. The van der Waals surface area contributed by atoms with Gasteiger partial charge < -0.3 is 9.80 Å². The third kappa shape index (κ3) is 25.9. The molecule has 2 heteroatoms. The molecule has 32 heavy (non-hydrogen) atoms. The van der Waals surface area contributed by atoms with Crippen LogP contribution >= 0.6 is 0 Å². The Hall–Kier alpha value is -0.340. The van der Waals surface area contributed by atoms with Crippen molar-refractivity contribution in [3.63, 3.8) is 0 Å². The monoisotopic (exact) mass is 450 g/mol. The summed E-state index contributed by atoms with van der Waals surface area (Å²) in [4.78, 5) is 4.95. The molecule has 0 radical (unpaired) electrons. The number of hydrogen-bond acceptors (Lipinski definition) is 2. The van der Waals surface area contributed by atoms with Gasteiger partial charge in [-0.05, 0) is 40.0 Å². The smallest absolute Gasteiger partial charge is 0.0160 e. The van der Waals surface area contributed by atoms with Gasteiger partial charge in [-0.2, -0.15) is 0 Å². The molecule has 0 saturated carbocycles. The van der Waals surface area contributed by atoms with Crippen molar-refractivity contribution in [3.05, 3.63) is 12.2 Å². The van der Waals surface area contributed by atoms with E-state index in [2.05, 4.69) is 49.9 Å². The molecule has 0 heterocycles. The zero-order chi connectivity index (χ0) is 23.5. The molecule has 0 unspecified atom stereocenters. The van der Waals surface area contributed by atoms with E-state index < -0.39 is 0 Å². The molecule has 192 valence electrons. The molecule has 0 amide bonds. The van der Waals surface area contributed by atoms with Gasteiger partial charge in [0.15, 0.2) is 0 Å². The molecule has 0 atom stereocenters. The summed E-state index contributed by atoms with van der Waals surface area (Å²) in [6, 6.07) is 0. The summed E-state index contributed by atoms with van der Waals surface area (Å²) in [5.41, 5.74) is 0. The number of unbranched alkanes of at least 4 members (excludes halogenated alkanes) is 18. The van der Waals surface area contributed by atoms with Crippen LogP contribution in [-0.2, 0) is 0 Å². The minimum Gasteiger partial charge on any atom is -0.303 e. The van der Waals surface area contributed by atoms with Gasteiger partial charge in [0.25, 0.3) is 0 Å². The summed E-state index contributed by atoms with van der Waals surface area (Å²) < 4.78 is 0. The molecule has 0 fully saturated rings. The van der Waals surface area contributed by atoms with Gasteiger partial charge in [-0.15, -0.1) is 0 Å². The van der Waals surface area contributed by atoms with Crippen LogP contribution in [0.4, 0.5) is 0 Å². The quantitative estimate of drug-likeness (QED) is 0.0956. The second-order valence-electron chi connectivity index (χ2n) is 10.4.